The average Bonchev–Trinajstić information content (AvgIpc) is 3.75. The molecule has 0 spiro atoms. The SMILES string of the molecule is Cc1c(Nc2nc3ccccc3s2)nnc2c1CCCN2c1ccc(-c2cnn(C[C@]34C[C@]5(C)C[C@](C)(C3)C[C@@](OCCN(C)CCCCO)(C5)C4)c2C)c(C(=O)O)n1. The third-order valence-electron chi connectivity index (χ3n) is 13.6. The number of aliphatic hydroxyl groups excluding tert-OH is 1. The van der Waals surface area contributed by atoms with E-state index in [0.717, 1.165) is 115 Å². The highest BCUT2D eigenvalue weighted by Gasteiger charge is 2.66. The van der Waals surface area contributed by atoms with E-state index in [-0.39, 0.29) is 34.1 Å². The maximum absolute atomic E-state index is 13.0. The quantitative estimate of drug-likeness (QED) is 0.0871. The van der Waals surface area contributed by atoms with Crippen molar-refractivity contribution in [1.82, 2.24) is 34.8 Å². The van der Waals surface area contributed by atoms with Gasteiger partial charge in [-0.1, -0.05) is 37.3 Å². The fourth-order valence-electron chi connectivity index (χ4n) is 12.3. The van der Waals surface area contributed by atoms with Crippen LogP contribution in [0.25, 0.3) is 21.3 Å². The van der Waals surface area contributed by atoms with Gasteiger partial charge in [0.2, 0.25) is 0 Å². The van der Waals surface area contributed by atoms with Crippen molar-refractivity contribution in [2.75, 3.05) is 50.1 Å². The second-order valence-electron chi connectivity index (χ2n) is 19.0. The van der Waals surface area contributed by atoms with Gasteiger partial charge < -0.3 is 30.1 Å². The summed E-state index contributed by atoms with van der Waals surface area (Å²) in [5.41, 5.74) is 5.62. The van der Waals surface area contributed by atoms with Crippen molar-refractivity contribution in [3.63, 3.8) is 0 Å². The fraction of sp³-hybridized carbons (Fsp3) is 0.556. The molecule has 0 radical (unpaired) electrons. The maximum atomic E-state index is 13.0. The number of aromatic carboxylic acids is 1. The first-order valence-corrected chi connectivity index (χ1v) is 22.1. The molecule has 0 amide bonds. The van der Waals surface area contributed by atoms with Crippen LogP contribution in [0.4, 0.5) is 22.6 Å². The number of hydrogen-bond donors (Lipinski definition) is 3. The number of pyridine rings is 1. The normalized spacial score (nSPS) is 25.9. The number of hydrogen-bond acceptors (Lipinski definition) is 12. The van der Waals surface area contributed by atoms with Crippen LogP contribution in [0.5, 0.6) is 0 Å². The van der Waals surface area contributed by atoms with E-state index in [4.69, 9.17) is 19.8 Å². The Morgan fingerprint density at radius 1 is 0.966 bits per heavy atom. The minimum Gasteiger partial charge on any atom is -0.476 e. The smallest absolute Gasteiger partial charge is 0.355 e. The minimum atomic E-state index is -1.08. The molecule has 1 aromatic carbocycles. The van der Waals surface area contributed by atoms with Gasteiger partial charge in [-0.3, -0.25) is 4.68 Å². The van der Waals surface area contributed by atoms with Gasteiger partial charge in [0, 0.05) is 54.2 Å². The number of aliphatic hydroxyl groups is 1. The second kappa shape index (κ2) is 15.2. The summed E-state index contributed by atoms with van der Waals surface area (Å²) in [4.78, 5) is 26.8. The number of aromatic nitrogens is 6. The van der Waals surface area contributed by atoms with Gasteiger partial charge in [-0.2, -0.15) is 5.10 Å². The molecular formula is C45H57N9O4S. The highest BCUT2D eigenvalue weighted by Crippen LogP contribution is 2.72. The molecule has 10 rings (SSSR count). The van der Waals surface area contributed by atoms with Crippen LogP contribution in [0, 0.1) is 30.1 Å². The summed E-state index contributed by atoms with van der Waals surface area (Å²) in [6.45, 7) is 13.3. The van der Waals surface area contributed by atoms with E-state index >= 15 is 0 Å². The Bertz CT molecular complexity index is 2340. The van der Waals surface area contributed by atoms with Crippen molar-refractivity contribution in [2.45, 2.75) is 104 Å². The van der Waals surface area contributed by atoms with Gasteiger partial charge in [-0.25, -0.2) is 14.8 Å². The van der Waals surface area contributed by atoms with Crippen LogP contribution in [0.1, 0.15) is 98.9 Å². The van der Waals surface area contributed by atoms with Crippen molar-refractivity contribution in [1.29, 1.82) is 0 Å². The third-order valence-corrected chi connectivity index (χ3v) is 14.6. The van der Waals surface area contributed by atoms with Gasteiger partial charge in [-0.15, -0.1) is 10.2 Å². The molecule has 4 fully saturated rings. The van der Waals surface area contributed by atoms with E-state index in [1.807, 2.05) is 48.4 Å². The number of carboxylic acid groups (broad SMARTS) is 1. The van der Waals surface area contributed by atoms with Crippen LogP contribution < -0.4 is 10.2 Å². The van der Waals surface area contributed by atoms with Crippen molar-refractivity contribution in [3.05, 3.63) is 65.1 Å². The van der Waals surface area contributed by atoms with Gasteiger partial charge in [0.05, 0.1) is 28.6 Å². The molecule has 4 saturated carbocycles. The topological polar surface area (TPSA) is 155 Å². The highest BCUT2D eigenvalue weighted by atomic mass is 32.1. The Morgan fingerprint density at radius 3 is 2.53 bits per heavy atom. The van der Waals surface area contributed by atoms with Gasteiger partial charge in [-0.05, 0) is 132 Å². The van der Waals surface area contributed by atoms with Crippen LogP contribution in [0.3, 0.4) is 0 Å². The molecule has 0 unspecified atom stereocenters. The van der Waals surface area contributed by atoms with Crippen LogP contribution in [0.15, 0.2) is 42.6 Å². The maximum Gasteiger partial charge on any atom is 0.355 e. The number of thiazole rings is 1. The molecule has 5 aromatic rings. The average molecular weight is 820 g/mol. The number of anilines is 4. The number of likely N-dealkylation sites (N-methyl/N-ethyl adjacent to an activating group) is 1. The first-order valence-electron chi connectivity index (χ1n) is 21.3. The summed E-state index contributed by atoms with van der Waals surface area (Å²) in [5, 5.41) is 38.2. The Hall–Kier alpha value is -4.50. The standard InChI is InChI=1S/C45H57N9O4S/c1-29-31-11-10-17-53(39(31)51-50-38(29)49-41-47-34-12-6-7-13-35(34)59-41)36-15-14-32(37(48-36)40(56)57)33-21-46-54(30(33)2)28-44-23-42(3)22-43(4,24-44)26-45(25-42,27-44)58-20-18-52(5)16-8-9-19-55/h6-7,12-15,21,55H,8-11,16-20,22-28H2,1-5H3,(H,56,57)(H,47,49,50)/t42-,43+,44+,45-. The lowest BCUT2D eigenvalue weighted by molar-refractivity contribution is -0.248. The number of unbranched alkanes of at least 4 members (excludes halogenated alkanes) is 1. The minimum absolute atomic E-state index is 0.000384. The zero-order chi connectivity index (χ0) is 41.2. The molecule has 4 bridgehead atoms. The molecule has 5 heterocycles. The molecule has 0 saturated heterocycles. The van der Waals surface area contributed by atoms with E-state index in [1.54, 1.807) is 11.3 Å². The lowest BCUT2D eigenvalue weighted by atomic mass is 9.39. The largest absolute Gasteiger partial charge is 0.476 e. The van der Waals surface area contributed by atoms with E-state index in [1.165, 1.54) is 6.42 Å². The number of nitrogens with zero attached hydrogens (tertiary/aromatic N) is 8. The number of para-hydroxylation sites is 1. The zero-order valence-electron chi connectivity index (χ0n) is 35.1. The third kappa shape index (κ3) is 7.62. The zero-order valence-corrected chi connectivity index (χ0v) is 35.9. The summed E-state index contributed by atoms with van der Waals surface area (Å²) >= 11 is 1.58. The van der Waals surface area contributed by atoms with Crippen molar-refractivity contribution in [2.24, 2.45) is 16.2 Å². The predicted molar refractivity (Wildman–Crippen MR) is 231 cm³/mol. The lowest BCUT2D eigenvalue weighted by Crippen LogP contribution is -2.64. The van der Waals surface area contributed by atoms with E-state index in [0.29, 0.717) is 36.2 Å². The Labute approximate surface area is 350 Å². The van der Waals surface area contributed by atoms with E-state index < -0.39 is 5.97 Å². The predicted octanol–water partition coefficient (Wildman–Crippen LogP) is 8.33. The van der Waals surface area contributed by atoms with Crippen molar-refractivity contribution < 1.29 is 19.7 Å². The van der Waals surface area contributed by atoms with Crippen LogP contribution in [-0.4, -0.2) is 96.5 Å². The van der Waals surface area contributed by atoms with E-state index in [9.17, 15) is 15.0 Å². The molecule has 5 aliphatic rings. The lowest BCUT2D eigenvalue weighted by Gasteiger charge is -2.69. The van der Waals surface area contributed by atoms with Crippen LogP contribution >= 0.6 is 11.3 Å². The Morgan fingerprint density at radius 2 is 1.76 bits per heavy atom. The molecule has 3 N–H and O–H groups in total. The van der Waals surface area contributed by atoms with Crippen molar-refractivity contribution >= 4 is 50.1 Å². The Kier molecular flexibility index (Phi) is 10.3. The number of carbonyl (C=O) groups is 1. The van der Waals surface area contributed by atoms with Gasteiger partial charge in [0.25, 0.3) is 0 Å². The highest BCUT2D eigenvalue weighted by molar-refractivity contribution is 7.22. The van der Waals surface area contributed by atoms with Crippen LogP contribution in [0.2, 0.25) is 0 Å². The summed E-state index contributed by atoms with van der Waals surface area (Å²) in [5.74, 6) is 0.826. The number of fused-ring (bicyclic) bond motifs is 2. The molecule has 4 aliphatic carbocycles. The number of carboxylic acids is 1. The number of ether oxygens (including phenoxy) is 1. The molecule has 59 heavy (non-hydrogen) atoms. The van der Waals surface area contributed by atoms with Gasteiger partial charge in [0.15, 0.2) is 22.5 Å². The molecule has 4 atom stereocenters. The van der Waals surface area contributed by atoms with Crippen molar-refractivity contribution in [3.8, 4) is 11.1 Å². The number of nitrogens with one attached hydrogen (secondary N) is 1. The first-order chi connectivity index (χ1) is 28.3. The molecule has 14 heteroatoms. The number of benzene rings is 1. The van der Waals surface area contributed by atoms with Gasteiger partial charge in [0.1, 0.15) is 5.82 Å². The molecule has 4 aromatic heterocycles. The molecule has 1 aliphatic heterocycles. The molecule has 13 nitrogen and oxygen atoms in total. The summed E-state index contributed by atoms with van der Waals surface area (Å²) in [7, 11) is 2.14. The van der Waals surface area contributed by atoms with E-state index in [2.05, 4.69) is 59.0 Å². The summed E-state index contributed by atoms with van der Waals surface area (Å²) in [6, 6.07) is 11.8. The fourth-order valence-corrected chi connectivity index (χ4v) is 13.2. The molecule has 312 valence electrons. The summed E-state index contributed by atoms with van der Waals surface area (Å²) < 4.78 is 10.2. The monoisotopic (exact) mass is 819 g/mol. The van der Waals surface area contributed by atoms with Crippen LogP contribution in [-0.2, 0) is 17.7 Å². The summed E-state index contributed by atoms with van der Waals surface area (Å²) in [6.07, 6.45) is 12.1. The first kappa shape index (κ1) is 39.9. The molecular weight excluding hydrogens is 763 g/mol. The number of rotatable bonds is 15. The Balaban J connectivity index is 0.948. The van der Waals surface area contributed by atoms with Gasteiger partial charge >= 0.3 is 5.97 Å². The second-order valence-corrected chi connectivity index (χ2v) is 20.0.